The number of carbonyl (C=O) groups is 1. The summed E-state index contributed by atoms with van der Waals surface area (Å²) in [6.07, 6.45) is 11.1. The molecule has 1 N–H and O–H groups in total. The summed E-state index contributed by atoms with van der Waals surface area (Å²) >= 11 is 0. The zero-order valence-electron chi connectivity index (χ0n) is 14.2. The molecule has 1 amide bonds. The maximum atomic E-state index is 11.5. The van der Waals surface area contributed by atoms with E-state index in [9.17, 15) is 4.79 Å². The van der Waals surface area contributed by atoms with Crippen LogP contribution < -0.4 is 5.32 Å². The van der Waals surface area contributed by atoms with Crippen LogP contribution in [0.1, 0.15) is 22.5 Å². The third-order valence-electron chi connectivity index (χ3n) is 4.53. The van der Waals surface area contributed by atoms with Crippen LogP contribution in [0.15, 0.2) is 54.9 Å². The molecule has 4 nitrogen and oxygen atoms in total. The quantitative estimate of drug-likeness (QED) is 0.741. The third kappa shape index (κ3) is 3.33. The number of carbonyl (C=O) groups excluding carboxylic acids is 1. The molecule has 1 aliphatic heterocycles. The van der Waals surface area contributed by atoms with Crippen molar-refractivity contribution in [2.75, 3.05) is 5.32 Å². The lowest BCUT2D eigenvalue weighted by Gasteiger charge is -2.06. The monoisotopic (exact) mass is 339 g/mol. The lowest BCUT2D eigenvalue weighted by atomic mass is 10.0. The normalized spacial score (nSPS) is 12.3. The van der Waals surface area contributed by atoms with Gasteiger partial charge in [0.05, 0.1) is 6.42 Å². The van der Waals surface area contributed by atoms with Gasteiger partial charge >= 0.3 is 0 Å². The topological polar surface area (TPSA) is 54.9 Å². The number of anilines is 1. The zero-order chi connectivity index (χ0) is 17.9. The molecule has 1 aromatic heterocycles. The Bertz CT molecular complexity index is 999. The van der Waals surface area contributed by atoms with Crippen LogP contribution in [0.2, 0.25) is 0 Å². The first-order valence-electron chi connectivity index (χ1n) is 8.51. The minimum absolute atomic E-state index is 0.0408. The molecular weight excluding hydrogens is 322 g/mol. The molecule has 1 aliphatic rings. The Morgan fingerprint density at radius 1 is 1.00 bits per heavy atom. The van der Waals surface area contributed by atoms with Crippen molar-refractivity contribution in [3.05, 3.63) is 77.4 Å². The van der Waals surface area contributed by atoms with E-state index in [4.69, 9.17) is 6.42 Å². The molecule has 3 aromatic rings. The van der Waals surface area contributed by atoms with Crippen molar-refractivity contribution < 1.29 is 4.79 Å². The summed E-state index contributed by atoms with van der Waals surface area (Å²) in [7, 11) is 0. The Kier molecular flexibility index (Phi) is 4.20. The molecule has 0 bridgehead atoms. The Morgan fingerprint density at radius 2 is 1.77 bits per heavy atom. The molecule has 26 heavy (non-hydrogen) atoms. The molecule has 4 heteroatoms. The fourth-order valence-electron chi connectivity index (χ4n) is 3.07. The molecule has 0 spiro atoms. The van der Waals surface area contributed by atoms with Gasteiger partial charge in [-0.05, 0) is 47.4 Å². The zero-order valence-corrected chi connectivity index (χ0v) is 14.2. The molecule has 4 rings (SSSR count). The largest absolute Gasteiger partial charge is 0.326 e. The molecule has 0 saturated heterocycles. The van der Waals surface area contributed by atoms with Crippen LogP contribution in [0.25, 0.3) is 11.1 Å². The van der Waals surface area contributed by atoms with Gasteiger partial charge in [-0.3, -0.25) is 4.79 Å². The van der Waals surface area contributed by atoms with E-state index in [0.29, 0.717) is 6.42 Å². The van der Waals surface area contributed by atoms with Crippen molar-refractivity contribution >= 4 is 11.6 Å². The highest BCUT2D eigenvalue weighted by Gasteiger charge is 2.17. The molecule has 126 valence electrons. The van der Waals surface area contributed by atoms with Gasteiger partial charge in [0.15, 0.2) is 0 Å². The Hall–Kier alpha value is -3.45. The lowest BCUT2D eigenvalue weighted by Crippen LogP contribution is -2.03. The van der Waals surface area contributed by atoms with Gasteiger partial charge < -0.3 is 5.32 Å². The van der Waals surface area contributed by atoms with Crippen molar-refractivity contribution in [1.29, 1.82) is 0 Å². The average molecular weight is 339 g/mol. The Balaban J connectivity index is 1.44. The predicted octanol–water partition coefficient (Wildman–Crippen LogP) is 3.40. The molecule has 0 saturated carbocycles. The number of hydrogen-bond donors (Lipinski definition) is 1. The number of rotatable bonds is 4. The lowest BCUT2D eigenvalue weighted by molar-refractivity contribution is -0.115. The van der Waals surface area contributed by atoms with Gasteiger partial charge in [-0.25, -0.2) is 9.97 Å². The van der Waals surface area contributed by atoms with E-state index in [2.05, 4.69) is 21.2 Å². The number of aryl methyl sites for hydroxylation is 2. The molecule has 2 aromatic carbocycles. The standard InChI is InChI=1S/C22H17N3O/c1-2-15-3-5-16(6-4-15)7-10-21-23-13-19(14-24-21)17-8-9-20-18(11-17)12-22(26)25-20/h1,3-6,8-9,11,13-14H,7,10,12H2,(H,25,26). The van der Waals surface area contributed by atoms with E-state index in [1.54, 1.807) is 0 Å². The molecule has 2 heterocycles. The Morgan fingerprint density at radius 3 is 2.50 bits per heavy atom. The first-order chi connectivity index (χ1) is 12.7. The third-order valence-corrected chi connectivity index (χ3v) is 4.53. The van der Waals surface area contributed by atoms with Crippen molar-refractivity contribution in [1.82, 2.24) is 9.97 Å². The second kappa shape index (κ2) is 6.81. The maximum Gasteiger partial charge on any atom is 0.228 e. The van der Waals surface area contributed by atoms with Gasteiger partial charge in [-0.2, -0.15) is 0 Å². The van der Waals surface area contributed by atoms with Gasteiger partial charge in [-0.1, -0.05) is 24.1 Å². The number of amides is 1. The summed E-state index contributed by atoms with van der Waals surface area (Å²) in [5.41, 5.74) is 6.00. The van der Waals surface area contributed by atoms with Crippen LogP contribution in [0.4, 0.5) is 5.69 Å². The highest BCUT2D eigenvalue weighted by atomic mass is 16.1. The first kappa shape index (κ1) is 16.0. The van der Waals surface area contributed by atoms with Crippen molar-refractivity contribution in [3.8, 4) is 23.5 Å². The fraction of sp³-hybridized carbons (Fsp3) is 0.136. The predicted molar refractivity (Wildman–Crippen MR) is 102 cm³/mol. The van der Waals surface area contributed by atoms with E-state index in [0.717, 1.165) is 46.6 Å². The number of hydrogen-bond acceptors (Lipinski definition) is 3. The second-order valence-corrected chi connectivity index (χ2v) is 6.33. The molecule has 0 fully saturated rings. The van der Waals surface area contributed by atoms with Gasteiger partial charge in [0.2, 0.25) is 5.91 Å². The van der Waals surface area contributed by atoms with Crippen LogP contribution in [0.3, 0.4) is 0 Å². The summed E-state index contributed by atoms with van der Waals surface area (Å²) < 4.78 is 0. The smallest absolute Gasteiger partial charge is 0.228 e. The molecule has 0 radical (unpaired) electrons. The summed E-state index contributed by atoms with van der Waals surface area (Å²) in [5.74, 6) is 3.47. The summed E-state index contributed by atoms with van der Waals surface area (Å²) in [4.78, 5) is 20.4. The van der Waals surface area contributed by atoms with Crippen molar-refractivity contribution in [3.63, 3.8) is 0 Å². The Labute approximate surface area is 152 Å². The van der Waals surface area contributed by atoms with Gasteiger partial charge in [-0.15, -0.1) is 6.42 Å². The minimum Gasteiger partial charge on any atom is -0.326 e. The van der Waals surface area contributed by atoms with E-state index in [1.807, 2.05) is 54.9 Å². The highest BCUT2D eigenvalue weighted by molar-refractivity contribution is 5.99. The SMILES string of the molecule is C#Cc1ccc(CCc2ncc(-c3ccc4c(c3)CC(=O)N4)cn2)cc1. The van der Waals surface area contributed by atoms with Crippen molar-refractivity contribution in [2.24, 2.45) is 0 Å². The minimum atomic E-state index is 0.0408. The van der Waals surface area contributed by atoms with E-state index < -0.39 is 0 Å². The maximum absolute atomic E-state index is 11.5. The van der Waals surface area contributed by atoms with Crippen LogP contribution in [0.5, 0.6) is 0 Å². The number of aromatic nitrogens is 2. The molecule has 0 aliphatic carbocycles. The molecule has 0 atom stereocenters. The van der Waals surface area contributed by atoms with Gasteiger partial charge in [0, 0.05) is 35.6 Å². The number of terminal acetylenes is 1. The van der Waals surface area contributed by atoms with E-state index >= 15 is 0 Å². The number of nitrogens with one attached hydrogen (secondary N) is 1. The van der Waals surface area contributed by atoms with Crippen molar-refractivity contribution in [2.45, 2.75) is 19.3 Å². The average Bonchev–Trinajstić information content (AvgIpc) is 3.06. The van der Waals surface area contributed by atoms with Gasteiger partial charge in [0.25, 0.3) is 0 Å². The number of fused-ring (bicyclic) bond motifs is 1. The summed E-state index contributed by atoms with van der Waals surface area (Å²) in [6.45, 7) is 0. The number of nitrogens with zero attached hydrogens (tertiary/aromatic N) is 2. The van der Waals surface area contributed by atoms with E-state index in [-0.39, 0.29) is 5.91 Å². The van der Waals surface area contributed by atoms with Crippen LogP contribution in [-0.4, -0.2) is 15.9 Å². The number of benzene rings is 2. The molecular formula is C22H17N3O. The van der Waals surface area contributed by atoms with E-state index in [1.165, 1.54) is 5.56 Å². The summed E-state index contributed by atoms with van der Waals surface area (Å²) in [6, 6.07) is 13.9. The highest BCUT2D eigenvalue weighted by Crippen LogP contribution is 2.28. The molecule has 0 unspecified atom stereocenters. The van der Waals surface area contributed by atoms with Crippen LogP contribution in [0, 0.1) is 12.3 Å². The van der Waals surface area contributed by atoms with Crippen LogP contribution >= 0.6 is 0 Å². The fourth-order valence-corrected chi connectivity index (χ4v) is 3.07. The van der Waals surface area contributed by atoms with Gasteiger partial charge in [0.1, 0.15) is 5.82 Å². The second-order valence-electron chi connectivity index (χ2n) is 6.33. The summed E-state index contributed by atoms with van der Waals surface area (Å²) in [5, 5.41) is 2.84. The van der Waals surface area contributed by atoms with Crippen LogP contribution in [-0.2, 0) is 24.1 Å². The first-order valence-corrected chi connectivity index (χ1v) is 8.51.